The Balaban J connectivity index is 1.81. The molecule has 0 aliphatic carbocycles. The number of thiazole rings is 1. The number of hydrogen-bond donors (Lipinski definition) is 1. The molecule has 0 spiro atoms. The van der Waals surface area contributed by atoms with Crippen LogP contribution in [-0.2, 0) is 17.8 Å². The smallest absolute Gasteiger partial charge is 0.194 e. The van der Waals surface area contributed by atoms with Crippen molar-refractivity contribution < 1.29 is 9.47 Å². The number of aromatic nitrogens is 1. The predicted octanol–water partition coefficient (Wildman–Crippen LogP) is 3.78. The SMILES string of the molecule is CCN(CC)CCOc1ccc(CNC(=NC)N(C)Cc2csc(C(C)OC)n2)cc1. The fraction of sp³-hybridized carbons (Fsp3) is 0.565. The number of nitrogens with one attached hydrogen (secondary N) is 1. The number of hydrogen-bond acceptors (Lipinski definition) is 6. The average molecular weight is 448 g/mol. The second kappa shape index (κ2) is 13.3. The molecule has 31 heavy (non-hydrogen) atoms. The van der Waals surface area contributed by atoms with E-state index in [0.717, 1.165) is 42.0 Å². The first kappa shape index (κ1) is 25.1. The number of rotatable bonds is 12. The minimum absolute atomic E-state index is 0.0191. The van der Waals surface area contributed by atoms with E-state index in [-0.39, 0.29) is 6.10 Å². The lowest BCUT2D eigenvalue weighted by Crippen LogP contribution is -2.38. The molecule has 0 amide bonds. The minimum atomic E-state index is 0.0191. The van der Waals surface area contributed by atoms with Crippen LogP contribution in [0.3, 0.4) is 0 Å². The molecule has 7 nitrogen and oxygen atoms in total. The van der Waals surface area contributed by atoms with Gasteiger partial charge in [0.2, 0.25) is 0 Å². The Morgan fingerprint density at radius 2 is 1.94 bits per heavy atom. The van der Waals surface area contributed by atoms with Crippen LogP contribution < -0.4 is 10.1 Å². The molecule has 0 radical (unpaired) electrons. The van der Waals surface area contributed by atoms with Crippen molar-refractivity contribution >= 4 is 17.3 Å². The van der Waals surface area contributed by atoms with Crippen molar-refractivity contribution in [2.24, 2.45) is 4.99 Å². The zero-order valence-corrected chi connectivity index (χ0v) is 20.5. The van der Waals surface area contributed by atoms with Crippen LogP contribution in [0, 0.1) is 0 Å². The van der Waals surface area contributed by atoms with Crippen LogP contribution in [0.4, 0.5) is 0 Å². The second-order valence-electron chi connectivity index (χ2n) is 7.33. The van der Waals surface area contributed by atoms with Crippen molar-refractivity contribution in [1.29, 1.82) is 0 Å². The van der Waals surface area contributed by atoms with Gasteiger partial charge in [0.15, 0.2) is 5.96 Å². The van der Waals surface area contributed by atoms with E-state index in [9.17, 15) is 0 Å². The predicted molar refractivity (Wildman–Crippen MR) is 129 cm³/mol. The molecule has 1 heterocycles. The van der Waals surface area contributed by atoms with Crippen LogP contribution in [0.5, 0.6) is 5.75 Å². The van der Waals surface area contributed by atoms with E-state index in [2.05, 4.69) is 56.5 Å². The third-order valence-corrected chi connectivity index (χ3v) is 6.24. The van der Waals surface area contributed by atoms with E-state index >= 15 is 0 Å². The summed E-state index contributed by atoms with van der Waals surface area (Å²) < 4.78 is 11.2. The van der Waals surface area contributed by atoms with Gasteiger partial charge in [-0.2, -0.15) is 0 Å². The normalized spacial score (nSPS) is 12.8. The molecule has 8 heteroatoms. The van der Waals surface area contributed by atoms with Gasteiger partial charge in [0.05, 0.1) is 12.2 Å². The third kappa shape index (κ3) is 8.12. The molecule has 2 rings (SSSR count). The molecular weight excluding hydrogens is 410 g/mol. The topological polar surface area (TPSA) is 62.2 Å². The number of aliphatic imine (C=N–C) groups is 1. The zero-order chi connectivity index (χ0) is 22.6. The zero-order valence-electron chi connectivity index (χ0n) is 19.7. The van der Waals surface area contributed by atoms with E-state index in [1.165, 1.54) is 5.56 Å². The summed E-state index contributed by atoms with van der Waals surface area (Å²) in [6.45, 7) is 11.5. The maximum atomic E-state index is 5.86. The number of benzene rings is 1. The van der Waals surface area contributed by atoms with E-state index in [4.69, 9.17) is 9.47 Å². The van der Waals surface area contributed by atoms with Crippen LogP contribution in [0.1, 0.15) is 43.1 Å². The van der Waals surface area contributed by atoms with Crippen molar-refractivity contribution in [1.82, 2.24) is 20.1 Å². The molecule has 1 aromatic heterocycles. The number of likely N-dealkylation sites (N-methyl/N-ethyl adjacent to an activating group) is 1. The van der Waals surface area contributed by atoms with E-state index in [1.54, 1.807) is 25.5 Å². The Labute approximate surface area is 191 Å². The first-order valence-electron chi connectivity index (χ1n) is 10.8. The highest BCUT2D eigenvalue weighted by Gasteiger charge is 2.12. The first-order valence-corrected chi connectivity index (χ1v) is 11.7. The third-order valence-electron chi connectivity index (χ3n) is 5.19. The molecule has 1 unspecified atom stereocenters. The van der Waals surface area contributed by atoms with Gasteiger partial charge in [-0.05, 0) is 37.7 Å². The molecule has 1 N–H and O–H groups in total. The molecular formula is C23H37N5O2S. The number of ether oxygens (including phenoxy) is 2. The van der Waals surface area contributed by atoms with Crippen LogP contribution in [0.25, 0.3) is 0 Å². The Hall–Kier alpha value is -2.16. The highest BCUT2D eigenvalue weighted by atomic mass is 32.1. The molecule has 0 saturated carbocycles. The van der Waals surface area contributed by atoms with Gasteiger partial charge in [0.1, 0.15) is 23.5 Å². The van der Waals surface area contributed by atoms with E-state index < -0.39 is 0 Å². The van der Waals surface area contributed by atoms with Crippen molar-refractivity contribution in [3.63, 3.8) is 0 Å². The van der Waals surface area contributed by atoms with Crippen LogP contribution >= 0.6 is 11.3 Å². The lowest BCUT2D eigenvalue weighted by molar-refractivity contribution is 0.119. The number of guanidine groups is 1. The van der Waals surface area contributed by atoms with Gasteiger partial charge in [-0.15, -0.1) is 11.3 Å². The largest absolute Gasteiger partial charge is 0.492 e. The maximum absolute atomic E-state index is 5.86. The van der Waals surface area contributed by atoms with Gasteiger partial charge in [-0.3, -0.25) is 4.99 Å². The maximum Gasteiger partial charge on any atom is 0.194 e. The quantitative estimate of drug-likeness (QED) is 0.395. The molecule has 2 aromatic rings. The second-order valence-corrected chi connectivity index (χ2v) is 8.22. The fourth-order valence-corrected chi connectivity index (χ4v) is 3.94. The van der Waals surface area contributed by atoms with Crippen molar-refractivity contribution in [2.75, 3.05) is 47.4 Å². The van der Waals surface area contributed by atoms with Gasteiger partial charge in [-0.1, -0.05) is 26.0 Å². The first-order chi connectivity index (χ1) is 15.0. The van der Waals surface area contributed by atoms with Crippen LogP contribution in [0.15, 0.2) is 34.6 Å². The van der Waals surface area contributed by atoms with Crippen molar-refractivity contribution in [3.05, 3.63) is 45.9 Å². The summed E-state index contributed by atoms with van der Waals surface area (Å²) in [5, 5.41) is 6.49. The summed E-state index contributed by atoms with van der Waals surface area (Å²) in [4.78, 5) is 13.5. The summed E-state index contributed by atoms with van der Waals surface area (Å²) in [6.07, 6.45) is 0.0191. The number of methoxy groups -OCH3 is 1. The molecule has 0 bridgehead atoms. The summed E-state index contributed by atoms with van der Waals surface area (Å²) in [5.74, 6) is 1.73. The summed E-state index contributed by atoms with van der Waals surface area (Å²) in [5.41, 5.74) is 2.19. The molecule has 0 aliphatic heterocycles. The standard InChI is InChI=1S/C23H37N5O2S/c1-7-28(8-2)13-14-30-21-11-9-19(10-12-21)15-25-23(24-4)27(5)16-20-17-31-22(26-20)18(3)29-6/h9-12,17-18H,7-8,13-16H2,1-6H3,(H,24,25). The van der Waals surface area contributed by atoms with Gasteiger partial charge in [-0.25, -0.2) is 4.98 Å². The Morgan fingerprint density at radius 1 is 1.23 bits per heavy atom. The van der Waals surface area contributed by atoms with Gasteiger partial charge in [0.25, 0.3) is 0 Å². The van der Waals surface area contributed by atoms with Crippen LogP contribution in [0.2, 0.25) is 0 Å². The monoisotopic (exact) mass is 447 g/mol. The number of nitrogens with zero attached hydrogens (tertiary/aromatic N) is 4. The summed E-state index contributed by atoms with van der Waals surface area (Å²) >= 11 is 1.63. The van der Waals surface area contributed by atoms with Crippen molar-refractivity contribution in [2.45, 2.75) is 40.0 Å². The minimum Gasteiger partial charge on any atom is -0.492 e. The summed E-state index contributed by atoms with van der Waals surface area (Å²) in [7, 11) is 5.51. The lowest BCUT2D eigenvalue weighted by atomic mass is 10.2. The molecule has 0 saturated heterocycles. The van der Waals surface area contributed by atoms with E-state index in [1.807, 2.05) is 26.1 Å². The van der Waals surface area contributed by atoms with E-state index in [0.29, 0.717) is 19.7 Å². The Morgan fingerprint density at radius 3 is 2.55 bits per heavy atom. The lowest BCUT2D eigenvalue weighted by Gasteiger charge is -2.21. The Bertz CT molecular complexity index is 790. The fourth-order valence-electron chi connectivity index (χ4n) is 3.10. The van der Waals surface area contributed by atoms with Gasteiger partial charge >= 0.3 is 0 Å². The summed E-state index contributed by atoms with van der Waals surface area (Å²) in [6, 6.07) is 8.23. The molecule has 1 aromatic carbocycles. The highest BCUT2D eigenvalue weighted by Crippen LogP contribution is 2.21. The molecule has 0 aliphatic rings. The molecule has 172 valence electrons. The average Bonchev–Trinajstić information content (AvgIpc) is 3.26. The van der Waals surface area contributed by atoms with Crippen LogP contribution in [-0.4, -0.2) is 68.2 Å². The van der Waals surface area contributed by atoms with Crippen molar-refractivity contribution in [3.8, 4) is 5.75 Å². The molecule has 1 atom stereocenters. The highest BCUT2D eigenvalue weighted by molar-refractivity contribution is 7.09. The molecule has 0 fully saturated rings. The van der Waals surface area contributed by atoms with Gasteiger partial charge in [0, 0.05) is 39.7 Å². The van der Waals surface area contributed by atoms with Gasteiger partial charge < -0.3 is 24.6 Å². The Kier molecular flexibility index (Phi) is 10.8.